The molecule has 0 saturated heterocycles. The van der Waals surface area contributed by atoms with Crippen LogP contribution in [0, 0.1) is 5.92 Å². The molecule has 1 N–H and O–H groups in total. The molecule has 0 spiro atoms. The van der Waals surface area contributed by atoms with Crippen molar-refractivity contribution in [2.75, 3.05) is 5.32 Å². The van der Waals surface area contributed by atoms with Gasteiger partial charge >= 0.3 is 0 Å². The fourth-order valence-electron chi connectivity index (χ4n) is 2.18. The standard InChI is InChI=1S/C14H16N6/c1-10(2)14(11-6-4-3-5-7-11)15-12-8-9-13-16-18-19-20(13)17-12/h3-10,14H,1-2H3,(H,15,17)/t14-/m0/s1. The van der Waals surface area contributed by atoms with Crippen LogP contribution in [0.3, 0.4) is 0 Å². The molecular weight excluding hydrogens is 252 g/mol. The average Bonchev–Trinajstić information content (AvgIpc) is 2.93. The fourth-order valence-corrected chi connectivity index (χ4v) is 2.18. The van der Waals surface area contributed by atoms with Crippen molar-refractivity contribution in [2.24, 2.45) is 5.92 Å². The van der Waals surface area contributed by atoms with Crippen LogP contribution in [0.5, 0.6) is 0 Å². The first-order valence-corrected chi connectivity index (χ1v) is 6.61. The monoisotopic (exact) mass is 268 g/mol. The van der Waals surface area contributed by atoms with Crippen molar-refractivity contribution in [3.05, 3.63) is 48.0 Å². The Morgan fingerprint density at radius 2 is 1.85 bits per heavy atom. The number of tetrazole rings is 1. The predicted molar refractivity (Wildman–Crippen MR) is 76.2 cm³/mol. The SMILES string of the molecule is CC(C)[C@H](Nc1ccc2nnnn2n1)c1ccccc1. The second-order valence-corrected chi connectivity index (χ2v) is 5.02. The number of hydrogen-bond acceptors (Lipinski definition) is 5. The minimum atomic E-state index is 0.192. The number of nitrogens with zero attached hydrogens (tertiary/aromatic N) is 5. The molecule has 1 atom stereocenters. The normalized spacial score (nSPS) is 12.8. The maximum atomic E-state index is 4.35. The molecule has 0 unspecified atom stereocenters. The number of fused-ring (bicyclic) bond motifs is 1. The fraction of sp³-hybridized carbons (Fsp3) is 0.286. The number of hydrogen-bond donors (Lipinski definition) is 1. The molecule has 1 aromatic carbocycles. The van der Waals surface area contributed by atoms with Gasteiger partial charge in [-0.15, -0.1) is 14.8 Å². The zero-order chi connectivity index (χ0) is 13.9. The highest BCUT2D eigenvalue weighted by molar-refractivity contribution is 5.44. The smallest absolute Gasteiger partial charge is 0.200 e. The molecule has 0 radical (unpaired) electrons. The summed E-state index contributed by atoms with van der Waals surface area (Å²) < 4.78 is 1.42. The number of rotatable bonds is 4. The van der Waals surface area contributed by atoms with Gasteiger partial charge in [0.25, 0.3) is 0 Å². The summed E-state index contributed by atoms with van der Waals surface area (Å²) in [5.74, 6) is 1.19. The van der Waals surface area contributed by atoms with Crippen LogP contribution in [-0.2, 0) is 0 Å². The summed E-state index contributed by atoms with van der Waals surface area (Å²) in [5.41, 5.74) is 1.87. The van der Waals surface area contributed by atoms with E-state index in [0.29, 0.717) is 11.6 Å². The van der Waals surface area contributed by atoms with Crippen molar-refractivity contribution in [2.45, 2.75) is 19.9 Å². The van der Waals surface area contributed by atoms with Crippen molar-refractivity contribution in [3.63, 3.8) is 0 Å². The van der Waals surface area contributed by atoms with E-state index in [4.69, 9.17) is 0 Å². The van der Waals surface area contributed by atoms with Crippen molar-refractivity contribution in [1.29, 1.82) is 0 Å². The second kappa shape index (κ2) is 5.24. The predicted octanol–water partition coefficient (Wildman–Crippen LogP) is 2.33. The van der Waals surface area contributed by atoms with Gasteiger partial charge in [0, 0.05) is 0 Å². The van der Waals surface area contributed by atoms with Gasteiger partial charge in [-0.25, -0.2) is 0 Å². The van der Waals surface area contributed by atoms with Gasteiger partial charge in [0.2, 0.25) is 0 Å². The first-order valence-electron chi connectivity index (χ1n) is 6.61. The van der Waals surface area contributed by atoms with Crippen LogP contribution < -0.4 is 5.32 Å². The van der Waals surface area contributed by atoms with E-state index in [2.05, 4.69) is 51.9 Å². The van der Waals surface area contributed by atoms with Gasteiger partial charge in [-0.3, -0.25) is 0 Å². The molecule has 2 aromatic heterocycles. The van der Waals surface area contributed by atoms with Gasteiger partial charge < -0.3 is 5.32 Å². The molecular formula is C14H16N6. The highest BCUT2D eigenvalue weighted by Gasteiger charge is 2.16. The third-order valence-corrected chi connectivity index (χ3v) is 3.20. The summed E-state index contributed by atoms with van der Waals surface area (Å²) in [6.45, 7) is 4.36. The summed E-state index contributed by atoms with van der Waals surface area (Å²) in [5, 5.41) is 19.0. The van der Waals surface area contributed by atoms with Gasteiger partial charge in [-0.1, -0.05) is 44.2 Å². The quantitative estimate of drug-likeness (QED) is 0.786. The topological polar surface area (TPSA) is 68.0 Å². The average molecular weight is 268 g/mol. The maximum absolute atomic E-state index is 4.35. The molecule has 0 fully saturated rings. The van der Waals surface area contributed by atoms with Gasteiger partial charge in [-0.05, 0) is 34.0 Å². The lowest BCUT2D eigenvalue weighted by Crippen LogP contribution is -2.18. The molecule has 3 aromatic rings. The first-order chi connectivity index (χ1) is 9.74. The van der Waals surface area contributed by atoms with Crippen LogP contribution in [0.25, 0.3) is 5.65 Å². The van der Waals surface area contributed by atoms with Crippen LogP contribution in [0.2, 0.25) is 0 Å². The molecule has 0 aliphatic heterocycles. The number of anilines is 1. The number of benzene rings is 1. The lowest BCUT2D eigenvalue weighted by Gasteiger charge is -2.23. The summed E-state index contributed by atoms with van der Waals surface area (Å²) >= 11 is 0. The molecule has 2 heterocycles. The van der Waals surface area contributed by atoms with Crippen LogP contribution in [0.1, 0.15) is 25.5 Å². The number of aromatic nitrogens is 5. The molecule has 20 heavy (non-hydrogen) atoms. The molecule has 0 saturated carbocycles. The highest BCUT2D eigenvalue weighted by Crippen LogP contribution is 2.25. The minimum Gasteiger partial charge on any atom is -0.362 e. The van der Waals surface area contributed by atoms with E-state index >= 15 is 0 Å². The zero-order valence-electron chi connectivity index (χ0n) is 11.4. The lowest BCUT2D eigenvalue weighted by atomic mass is 9.96. The third-order valence-electron chi connectivity index (χ3n) is 3.20. The van der Waals surface area contributed by atoms with Gasteiger partial charge in [0.05, 0.1) is 6.04 Å². The molecule has 6 nitrogen and oxygen atoms in total. The van der Waals surface area contributed by atoms with Crippen molar-refractivity contribution < 1.29 is 0 Å². The molecule has 6 heteroatoms. The van der Waals surface area contributed by atoms with E-state index in [0.717, 1.165) is 5.82 Å². The van der Waals surface area contributed by atoms with Crippen molar-refractivity contribution in [3.8, 4) is 0 Å². The van der Waals surface area contributed by atoms with Crippen LogP contribution >= 0.6 is 0 Å². The number of nitrogens with one attached hydrogen (secondary N) is 1. The first kappa shape index (κ1) is 12.5. The Kier molecular flexibility index (Phi) is 3.28. The van der Waals surface area contributed by atoms with E-state index in [9.17, 15) is 0 Å². The summed E-state index contributed by atoms with van der Waals surface area (Å²) in [4.78, 5) is 0. The summed E-state index contributed by atoms with van der Waals surface area (Å²) in [7, 11) is 0. The maximum Gasteiger partial charge on any atom is 0.200 e. The van der Waals surface area contributed by atoms with Crippen LogP contribution in [0.4, 0.5) is 5.82 Å². The van der Waals surface area contributed by atoms with Crippen LogP contribution in [-0.4, -0.2) is 25.3 Å². The Hall–Kier alpha value is -2.50. The van der Waals surface area contributed by atoms with E-state index in [1.165, 1.54) is 10.2 Å². The van der Waals surface area contributed by atoms with Gasteiger partial charge in [-0.2, -0.15) is 0 Å². The minimum absolute atomic E-state index is 0.192. The Balaban J connectivity index is 1.89. The molecule has 102 valence electrons. The van der Waals surface area contributed by atoms with E-state index in [1.807, 2.05) is 30.3 Å². The molecule has 0 aliphatic carbocycles. The second-order valence-electron chi connectivity index (χ2n) is 5.02. The van der Waals surface area contributed by atoms with Gasteiger partial charge in [0.1, 0.15) is 5.82 Å². The van der Waals surface area contributed by atoms with Crippen molar-refractivity contribution >= 4 is 11.5 Å². The molecule has 3 rings (SSSR count). The Morgan fingerprint density at radius 3 is 2.60 bits per heavy atom. The Bertz CT molecular complexity index is 691. The Labute approximate surface area is 116 Å². The van der Waals surface area contributed by atoms with Crippen LogP contribution in [0.15, 0.2) is 42.5 Å². The Morgan fingerprint density at radius 1 is 1.05 bits per heavy atom. The molecule has 0 amide bonds. The van der Waals surface area contributed by atoms with Gasteiger partial charge in [0.15, 0.2) is 5.65 Å². The van der Waals surface area contributed by atoms with E-state index in [1.54, 1.807) is 0 Å². The summed E-state index contributed by atoms with van der Waals surface area (Å²) in [6.07, 6.45) is 0. The lowest BCUT2D eigenvalue weighted by molar-refractivity contribution is 0.542. The molecule has 0 aliphatic rings. The zero-order valence-corrected chi connectivity index (χ0v) is 11.4. The van der Waals surface area contributed by atoms with E-state index < -0.39 is 0 Å². The largest absolute Gasteiger partial charge is 0.362 e. The van der Waals surface area contributed by atoms with Crippen molar-refractivity contribution in [1.82, 2.24) is 25.3 Å². The molecule has 0 bridgehead atoms. The summed E-state index contributed by atoms with van der Waals surface area (Å²) in [6, 6.07) is 14.3. The van der Waals surface area contributed by atoms with E-state index in [-0.39, 0.29) is 6.04 Å². The highest BCUT2D eigenvalue weighted by atomic mass is 15.6. The third kappa shape index (κ3) is 2.45.